The summed E-state index contributed by atoms with van der Waals surface area (Å²) in [4.78, 5) is 25.1. The Kier molecular flexibility index (Phi) is 6.74. The smallest absolute Gasteiger partial charge is 0.268 e. The minimum Gasteiger partial charge on any atom is -0.378 e. The van der Waals surface area contributed by atoms with Crippen LogP contribution in [0.25, 0.3) is 0 Å². The second kappa shape index (κ2) is 9.01. The second-order valence-corrected chi connectivity index (χ2v) is 10.3. The van der Waals surface area contributed by atoms with Gasteiger partial charge in [0.1, 0.15) is 5.82 Å². The highest BCUT2D eigenvalue weighted by Crippen LogP contribution is 2.42. The normalized spacial score (nSPS) is 20.7. The Morgan fingerprint density at radius 3 is 2.70 bits per heavy atom. The first kappa shape index (κ1) is 22.4. The van der Waals surface area contributed by atoms with Gasteiger partial charge in [-0.1, -0.05) is 35.0 Å². The summed E-state index contributed by atoms with van der Waals surface area (Å²) in [7, 11) is 1.76. The number of hydrogen-bond acceptors (Lipinski definition) is 7. The molecule has 0 aliphatic carbocycles. The Labute approximate surface area is 203 Å². The molecule has 1 spiro atoms. The van der Waals surface area contributed by atoms with E-state index in [1.807, 2.05) is 22.9 Å². The molecule has 0 amide bonds. The van der Waals surface area contributed by atoms with Crippen molar-refractivity contribution in [2.75, 3.05) is 28.1 Å². The van der Waals surface area contributed by atoms with E-state index >= 15 is 0 Å². The lowest BCUT2D eigenvalue weighted by Gasteiger charge is -2.39. The molecule has 2 aliphatic rings. The maximum Gasteiger partial charge on any atom is 0.268 e. The van der Waals surface area contributed by atoms with E-state index in [2.05, 4.69) is 25.3 Å². The Hall–Kier alpha value is -0.750. The molecule has 4 rings (SSSR count). The number of nitrogens with zero attached hydrogens (tertiary/aromatic N) is 4. The molecule has 7 nitrogen and oxygen atoms in total. The molecule has 2 aromatic rings. The zero-order valence-corrected chi connectivity index (χ0v) is 21.1. The van der Waals surface area contributed by atoms with E-state index < -0.39 is 0 Å². The predicted octanol–water partition coefficient (Wildman–Crippen LogP) is 4.79. The summed E-state index contributed by atoms with van der Waals surface area (Å²) in [5, 5.41) is 0.507. The van der Waals surface area contributed by atoms with Gasteiger partial charge < -0.3 is 13.2 Å². The lowest BCUT2D eigenvalue weighted by Crippen LogP contribution is -2.43. The van der Waals surface area contributed by atoms with E-state index in [9.17, 15) is 4.79 Å². The molecule has 162 valence electrons. The number of hydrogen-bond donors (Lipinski definition) is 1. The Morgan fingerprint density at radius 1 is 1.33 bits per heavy atom. The molecule has 2 fully saturated rings. The lowest BCUT2D eigenvalue weighted by atomic mass is 9.77. The number of aromatic nitrogens is 3. The SMILES string of the molecule is C[C@H]1CC2(CCN(c3ncc(Sc4cc(NI)nc(Cl)c4Cl)c(=O)n3C)CC2)CO1. The number of piperidine rings is 1. The first-order valence-corrected chi connectivity index (χ1v) is 12.3. The van der Waals surface area contributed by atoms with Crippen molar-refractivity contribution in [2.45, 2.75) is 42.1 Å². The Bertz CT molecular complexity index is 1010. The number of pyridine rings is 1. The van der Waals surface area contributed by atoms with Gasteiger partial charge >= 0.3 is 0 Å². The van der Waals surface area contributed by atoms with Gasteiger partial charge in [0.25, 0.3) is 5.56 Å². The highest BCUT2D eigenvalue weighted by Gasteiger charge is 2.41. The number of rotatable bonds is 4. The number of ether oxygens (including phenoxy) is 1. The molecular weight excluding hydrogens is 560 g/mol. The molecule has 30 heavy (non-hydrogen) atoms. The maximum atomic E-state index is 13.0. The number of anilines is 2. The van der Waals surface area contributed by atoms with Crippen LogP contribution in [0.2, 0.25) is 10.2 Å². The second-order valence-electron chi connectivity index (χ2n) is 7.91. The van der Waals surface area contributed by atoms with Gasteiger partial charge in [0, 0.05) is 25.0 Å². The van der Waals surface area contributed by atoms with E-state index in [1.54, 1.807) is 23.9 Å². The summed E-state index contributed by atoms with van der Waals surface area (Å²) in [6, 6.07) is 1.76. The van der Waals surface area contributed by atoms with Crippen molar-refractivity contribution in [2.24, 2.45) is 12.5 Å². The summed E-state index contributed by atoms with van der Waals surface area (Å²) in [6.45, 7) is 4.73. The highest BCUT2D eigenvalue weighted by atomic mass is 127. The van der Waals surface area contributed by atoms with E-state index in [0.29, 0.717) is 32.7 Å². The molecule has 2 aromatic heterocycles. The van der Waals surface area contributed by atoms with Crippen LogP contribution in [-0.4, -0.2) is 40.3 Å². The Balaban J connectivity index is 1.54. The van der Waals surface area contributed by atoms with Crippen LogP contribution in [0.4, 0.5) is 11.8 Å². The van der Waals surface area contributed by atoms with Crippen LogP contribution in [0.15, 0.2) is 26.8 Å². The number of halogens is 3. The molecule has 1 N–H and O–H groups in total. The first-order valence-electron chi connectivity index (χ1n) is 9.65. The lowest BCUT2D eigenvalue weighted by molar-refractivity contribution is 0.0974. The predicted molar refractivity (Wildman–Crippen MR) is 129 cm³/mol. The fourth-order valence-electron chi connectivity index (χ4n) is 4.17. The van der Waals surface area contributed by atoms with Crippen molar-refractivity contribution in [3.05, 3.63) is 32.8 Å². The minimum absolute atomic E-state index is 0.115. The molecule has 1 atom stereocenters. The van der Waals surface area contributed by atoms with Crippen molar-refractivity contribution in [1.29, 1.82) is 0 Å². The molecule has 2 saturated heterocycles. The van der Waals surface area contributed by atoms with Gasteiger partial charge in [-0.05, 0) is 37.7 Å². The van der Waals surface area contributed by atoms with E-state index in [1.165, 1.54) is 11.8 Å². The standard InChI is InChI=1S/C19H22Cl2IN5O2S/c1-11-8-19(10-29-11)3-5-27(6-4-19)18-23-9-13(17(28)26(18)2)30-12-7-14(25-22)24-16(21)15(12)20/h7,9,11H,3-6,8,10H2,1-2H3,(H,24,25)/t11-/m0/s1. The van der Waals surface area contributed by atoms with Crippen molar-refractivity contribution in [3.63, 3.8) is 0 Å². The van der Waals surface area contributed by atoms with E-state index in [-0.39, 0.29) is 16.1 Å². The maximum absolute atomic E-state index is 13.0. The zero-order valence-electron chi connectivity index (χ0n) is 16.6. The first-order chi connectivity index (χ1) is 14.3. The fourth-order valence-corrected chi connectivity index (χ4v) is 5.83. The van der Waals surface area contributed by atoms with Crippen molar-refractivity contribution in [1.82, 2.24) is 14.5 Å². The van der Waals surface area contributed by atoms with E-state index in [0.717, 1.165) is 39.0 Å². The molecular formula is C19H22Cl2IN5O2S. The van der Waals surface area contributed by atoms with Crippen molar-refractivity contribution in [3.8, 4) is 0 Å². The summed E-state index contributed by atoms with van der Waals surface area (Å²) in [5.41, 5.74) is 0.169. The van der Waals surface area contributed by atoms with Gasteiger partial charge in [-0.15, -0.1) is 0 Å². The topological polar surface area (TPSA) is 72.3 Å². The minimum atomic E-state index is -0.115. The summed E-state index contributed by atoms with van der Waals surface area (Å²) in [6.07, 6.45) is 5.19. The molecule has 4 heterocycles. The fraction of sp³-hybridized carbons (Fsp3) is 0.526. The van der Waals surface area contributed by atoms with Crippen LogP contribution in [0.3, 0.4) is 0 Å². The molecule has 0 bridgehead atoms. The largest absolute Gasteiger partial charge is 0.378 e. The summed E-state index contributed by atoms with van der Waals surface area (Å²) < 4.78 is 10.3. The monoisotopic (exact) mass is 581 g/mol. The van der Waals surface area contributed by atoms with Crippen molar-refractivity contribution >= 4 is 69.6 Å². The van der Waals surface area contributed by atoms with Crippen LogP contribution >= 0.6 is 57.8 Å². The molecule has 2 aliphatic heterocycles. The van der Waals surface area contributed by atoms with Gasteiger partial charge in [-0.2, -0.15) is 0 Å². The van der Waals surface area contributed by atoms with Gasteiger partial charge in [0.2, 0.25) is 5.95 Å². The molecule has 11 heteroatoms. The third-order valence-electron chi connectivity index (χ3n) is 5.81. The zero-order chi connectivity index (χ0) is 21.5. The molecule has 0 unspecified atom stereocenters. The van der Waals surface area contributed by atoms with Crippen LogP contribution < -0.4 is 14.0 Å². The quantitative estimate of drug-likeness (QED) is 0.316. The Morgan fingerprint density at radius 2 is 2.07 bits per heavy atom. The average molecular weight is 582 g/mol. The van der Waals surface area contributed by atoms with Gasteiger partial charge in [0.15, 0.2) is 5.15 Å². The van der Waals surface area contributed by atoms with Crippen LogP contribution in [0.1, 0.15) is 26.2 Å². The van der Waals surface area contributed by atoms with Crippen molar-refractivity contribution < 1.29 is 4.74 Å². The van der Waals surface area contributed by atoms with Crippen LogP contribution in [0, 0.1) is 5.41 Å². The van der Waals surface area contributed by atoms with Crippen LogP contribution in [0.5, 0.6) is 0 Å². The number of nitrogens with one attached hydrogen (secondary N) is 1. The summed E-state index contributed by atoms with van der Waals surface area (Å²) in [5.74, 6) is 1.26. The molecule has 0 aromatic carbocycles. The molecule has 0 radical (unpaired) electrons. The average Bonchev–Trinajstić information content (AvgIpc) is 3.09. The highest BCUT2D eigenvalue weighted by molar-refractivity contribution is 14.1. The molecule has 0 saturated carbocycles. The van der Waals surface area contributed by atoms with Gasteiger partial charge in [0.05, 0.1) is 51.7 Å². The van der Waals surface area contributed by atoms with Gasteiger partial charge in [-0.25, -0.2) is 9.97 Å². The summed E-state index contributed by atoms with van der Waals surface area (Å²) >= 11 is 15.6. The van der Waals surface area contributed by atoms with Crippen LogP contribution in [-0.2, 0) is 11.8 Å². The third kappa shape index (κ3) is 4.41. The third-order valence-corrected chi connectivity index (χ3v) is 8.27. The van der Waals surface area contributed by atoms with Gasteiger partial charge in [-0.3, -0.25) is 9.36 Å². The van der Waals surface area contributed by atoms with E-state index in [4.69, 9.17) is 27.9 Å².